The number of hydrogen-bond donors (Lipinski definition) is 0. The summed E-state index contributed by atoms with van der Waals surface area (Å²) in [6.07, 6.45) is 2.53. The quantitative estimate of drug-likeness (QED) is 0.606. The molecule has 1 amide bonds. The van der Waals surface area contributed by atoms with Gasteiger partial charge in [-0.2, -0.15) is 0 Å². The number of imidazole rings is 1. The number of ether oxygens (including phenoxy) is 1. The van der Waals surface area contributed by atoms with E-state index in [2.05, 4.69) is 42.7 Å². The molecule has 0 radical (unpaired) electrons. The maximum atomic E-state index is 12.5. The summed E-state index contributed by atoms with van der Waals surface area (Å²) >= 11 is 0. The molecule has 1 fully saturated rings. The highest BCUT2D eigenvalue weighted by atomic mass is 16.5. The fourth-order valence-electron chi connectivity index (χ4n) is 4.39. The zero-order valence-electron chi connectivity index (χ0n) is 17.5. The van der Waals surface area contributed by atoms with Gasteiger partial charge in [0.1, 0.15) is 18.2 Å². The van der Waals surface area contributed by atoms with Crippen molar-refractivity contribution in [2.45, 2.75) is 52.6 Å². The molecule has 0 N–H and O–H groups in total. The molecule has 1 aliphatic rings. The molecule has 1 saturated heterocycles. The number of para-hydroxylation sites is 3. The van der Waals surface area contributed by atoms with Crippen LogP contribution in [0.25, 0.3) is 11.0 Å². The molecule has 0 spiro atoms. The summed E-state index contributed by atoms with van der Waals surface area (Å²) in [6.45, 7) is 8.17. The van der Waals surface area contributed by atoms with Crippen LogP contribution in [0.3, 0.4) is 0 Å². The molecule has 29 heavy (non-hydrogen) atoms. The van der Waals surface area contributed by atoms with Crippen LogP contribution in [0.1, 0.15) is 49.2 Å². The van der Waals surface area contributed by atoms with Gasteiger partial charge in [0, 0.05) is 13.0 Å². The highest BCUT2D eigenvalue weighted by Crippen LogP contribution is 2.34. The average molecular weight is 392 g/mol. The highest BCUT2D eigenvalue weighted by Gasteiger charge is 2.32. The van der Waals surface area contributed by atoms with Gasteiger partial charge < -0.3 is 14.2 Å². The number of carbonyl (C=O) groups is 1. The van der Waals surface area contributed by atoms with E-state index in [1.807, 2.05) is 30.0 Å². The first-order chi connectivity index (χ1) is 14.1. The summed E-state index contributed by atoms with van der Waals surface area (Å²) < 4.78 is 8.42. The Morgan fingerprint density at radius 2 is 1.90 bits per heavy atom. The molecule has 1 aliphatic heterocycles. The maximum absolute atomic E-state index is 12.5. The van der Waals surface area contributed by atoms with Gasteiger partial charge in [-0.15, -0.1) is 0 Å². The molecular weight excluding hydrogens is 362 g/mol. The second-order valence-corrected chi connectivity index (χ2v) is 7.78. The van der Waals surface area contributed by atoms with Crippen LogP contribution in [0.2, 0.25) is 0 Å². The molecule has 2 heterocycles. The lowest BCUT2D eigenvalue weighted by Crippen LogP contribution is -2.31. The van der Waals surface area contributed by atoms with Gasteiger partial charge in [0.25, 0.3) is 0 Å². The van der Waals surface area contributed by atoms with Crippen LogP contribution in [0.15, 0.2) is 42.5 Å². The van der Waals surface area contributed by atoms with Crippen molar-refractivity contribution in [3.05, 3.63) is 59.4 Å². The zero-order chi connectivity index (χ0) is 20.4. The van der Waals surface area contributed by atoms with Crippen LogP contribution in [-0.4, -0.2) is 33.5 Å². The van der Waals surface area contributed by atoms with Gasteiger partial charge in [0.2, 0.25) is 5.91 Å². The first kappa shape index (κ1) is 19.5. The lowest BCUT2D eigenvalue weighted by Gasteiger charge is -2.25. The number of aryl methyl sites for hydroxylation is 2. The van der Waals surface area contributed by atoms with Crippen molar-refractivity contribution >= 4 is 16.9 Å². The molecule has 152 valence electrons. The van der Waals surface area contributed by atoms with E-state index < -0.39 is 0 Å². The van der Waals surface area contributed by atoms with Crippen LogP contribution >= 0.6 is 0 Å². The van der Waals surface area contributed by atoms with Crippen molar-refractivity contribution in [1.82, 2.24) is 14.5 Å². The third-order valence-corrected chi connectivity index (χ3v) is 5.83. The van der Waals surface area contributed by atoms with Crippen LogP contribution in [0.5, 0.6) is 5.75 Å². The first-order valence-corrected chi connectivity index (χ1v) is 10.5. The third-order valence-electron chi connectivity index (χ3n) is 5.83. The van der Waals surface area contributed by atoms with Gasteiger partial charge in [-0.25, -0.2) is 4.98 Å². The lowest BCUT2D eigenvalue weighted by molar-refractivity contribution is -0.131. The standard InChI is InChI=1S/C24H29N3O2/c1-4-22(28)26-14-8-13-21(26)24-25-19-11-5-6-12-20(19)27(24)15-16-29-23-17(2)9-7-10-18(23)3/h5-7,9-12,21H,4,8,13-16H2,1-3H3/t21-/m0/s1. The molecule has 1 aromatic heterocycles. The van der Waals surface area contributed by atoms with Gasteiger partial charge in [-0.3, -0.25) is 4.79 Å². The lowest BCUT2D eigenvalue weighted by atomic mass is 10.1. The molecule has 4 rings (SSSR count). The number of benzene rings is 2. The molecule has 0 unspecified atom stereocenters. The van der Waals surface area contributed by atoms with E-state index in [1.54, 1.807) is 0 Å². The van der Waals surface area contributed by atoms with Crippen molar-refractivity contribution in [2.24, 2.45) is 0 Å². The van der Waals surface area contributed by atoms with Crippen molar-refractivity contribution < 1.29 is 9.53 Å². The van der Waals surface area contributed by atoms with Gasteiger partial charge >= 0.3 is 0 Å². The Kier molecular flexibility index (Phi) is 5.56. The normalized spacial score (nSPS) is 16.5. The molecule has 0 saturated carbocycles. The van der Waals surface area contributed by atoms with Crippen molar-refractivity contribution in [3.8, 4) is 5.75 Å². The van der Waals surface area contributed by atoms with Gasteiger partial charge in [-0.05, 0) is 49.9 Å². The topological polar surface area (TPSA) is 47.4 Å². The summed E-state index contributed by atoms with van der Waals surface area (Å²) in [4.78, 5) is 19.4. The van der Waals surface area contributed by atoms with E-state index in [0.29, 0.717) is 19.6 Å². The molecule has 1 atom stereocenters. The van der Waals surface area contributed by atoms with Gasteiger partial charge in [-0.1, -0.05) is 37.3 Å². The van der Waals surface area contributed by atoms with Gasteiger partial charge in [0.15, 0.2) is 0 Å². The number of fused-ring (bicyclic) bond motifs is 1. The van der Waals surface area contributed by atoms with Crippen LogP contribution < -0.4 is 4.74 Å². The Bertz CT molecular complexity index is 1000. The van der Waals surface area contributed by atoms with Gasteiger partial charge in [0.05, 0.1) is 23.6 Å². The molecular formula is C24H29N3O2. The molecule has 5 nitrogen and oxygen atoms in total. The minimum atomic E-state index is 0.0510. The van der Waals surface area contributed by atoms with Crippen molar-refractivity contribution in [3.63, 3.8) is 0 Å². The largest absolute Gasteiger partial charge is 0.491 e. The Labute approximate surface area is 172 Å². The monoisotopic (exact) mass is 391 g/mol. The molecule has 5 heteroatoms. The Balaban J connectivity index is 1.63. The Morgan fingerprint density at radius 3 is 2.66 bits per heavy atom. The van der Waals surface area contributed by atoms with Crippen LogP contribution in [0, 0.1) is 13.8 Å². The predicted octanol–water partition coefficient (Wildman–Crippen LogP) is 4.81. The minimum Gasteiger partial charge on any atom is -0.491 e. The molecule has 2 aromatic carbocycles. The second-order valence-electron chi connectivity index (χ2n) is 7.78. The number of amides is 1. The summed E-state index contributed by atoms with van der Waals surface area (Å²) in [7, 11) is 0. The van der Waals surface area contributed by atoms with E-state index in [9.17, 15) is 4.79 Å². The summed E-state index contributed by atoms with van der Waals surface area (Å²) in [5, 5.41) is 0. The zero-order valence-corrected chi connectivity index (χ0v) is 17.5. The summed E-state index contributed by atoms with van der Waals surface area (Å²) in [5.41, 5.74) is 4.38. The molecule has 3 aromatic rings. The van der Waals surface area contributed by atoms with E-state index in [0.717, 1.165) is 53.1 Å². The average Bonchev–Trinajstić information content (AvgIpc) is 3.34. The van der Waals surface area contributed by atoms with Crippen LogP contribution in [0.4, 0.5) is 0 Å². The van der Waals surface area contributed by atoms with E-state index in [4.69, 9.17) is 9.72 Å². The third kappa shape index (κ3) is 3.74. The van der Waals surface area contributed by atoms with Crippen molar-refractivity contribution in [2.75, 3.05) is 13.2 Å². The highest BCUT2D eigenvalue weighted by molar-refractivity contribution is 5.78. The number of hydrogen-bond acceptors (Lipinski definition) is 3. The summed E-state index contributed by atoms with van der Waals surface area (Å²) in [6, 6.07) is 14.5. The first-order valence-electron chi connectivity index (χ1n) is 10.5. The predicted molar refractivity (Wildman–Crippen MR) is 115 cm³/mol. The summed E-state index contributed by atoms with van der Waals surface area (Å²) in [5.74, 6) is 2.15. The fraction of sp³-hybridized carbons (Fsp3) is 0.417. The molecule has 0 aliphatic carbocycles. The number of likely N-dealkylation sites (tertiary alicyclic amines) is 1. The van der Waals surface area contributed by atoms with E-state index >= 15 is 0 Å². The maximum Gasteiger partial charge on any atom is 0.222 e. The second kappa shape index (κ2) is 8.27. The number of aromatic nitrogens is 2. The minimum absolute atomic E-state index is 0.0510. The van der Waals surface area contributed by atoms with E-state index in [-0.39, 0.29) is 11.9 Å². The number of nitrogens with zero attached hydrogens (tertiary/aromatic N) is 3. The Hall–Kier alpha value is -2.82. The number of carbonyl (C=O) groups excluding carboxylic acids is 1. The Morgan fingerprint density at radius 1 is 1.14 bits per heavy atom. The fourth-order valence-corrected chi connectivity index (χ4v) is 4.39. The van der Waals surface area contributed by atoms with Crippen molar-refractivity contribution in [1.29, 1.82) is 0 Å². The number of rotatable bonds is 6. The van der Waals surface area contributed by atoms with E-state index in [1.165, 1.54) is 0 Å². The SMILES string of the molecule is CCC(=O)N1CCC[C@H]1c1nc2ccccc2n1CCOc1c(C)cccc1C. The molecule has 0 bridgehead atoms. The van der Waals surface area contributed by atoms with Crippen LogP contribution in [-0.2, 0) is 11.3 Å². The smallest absolute Gasteiger partial charge is 0.222 e.